The number of allylic oxidation sites excluding steroid dienone is 12. The summed E-state index contributed by atoms with van der Waals surface area (Å²) in [4.78, 5) is 5.20. The van der Waals surface area contributed by atoms with Gasteiger partial charge in [-0.15, -0.1) is 0 Å². The second-order valence-corrected chi connectivity index (χ2v) is 18.9. The highest BCUT2D eigenvalue weighted by Crippen LogP contribution is 2.51. The zero-order chi connectivity index (χ0) is 43.9. The summed E-state index contributed by atoms with van der Waals surface area (Å²) in [7, 11) is 0. The van der Waals surface area contributed by atoms with Crippen molar-refractivity contribution in [1.82, 2.24) is 0 Å². The molecule has 0 aliphatic heterocycles. The summed E-state index contributed by atoms with van der Waals surface area (Å²) in [6, 6.07) is 48.1. The van der Waals surface area contributed by atoms with Crippen LogP contribution in [-0.2, 0) is 0 Å². The van der Waals surface area contributed by atoms with E-state index in [1.165, 1.54) is 99.7 Å². The van der Waals surface area contributed by atoms with E-state index >= 15 is 0 Å². The number of hydrogen-bond donors (Lipinski definition) is 0. The van der Waals surface area contributed by atoms with Gasteiger partial charge in [0, 0.05) is 38.6 Å². The molecule has 2 nitrogen and oxygen atoms in total. The van der Waals surface area contributed by atoms with E-state index in [0.29, 0.717) is 17.8 Å². The Morgan fingerprint density at radius 2 is 1.19 bits per heavy atom. The minimum Gasteiger partial charge on any atom is -0.334 e. The molecule has 0 spiro atoms. The molecule has 0 saturated heterocycles. The van der Waals surface area contributed by atoms with Gasteiger partial charge in [-0.25, -0.2) is 0 Å². The lowest BCUT2D eigenvalue weighted by Gasteiger charge is -2.36. The smallest absolute Gasteiger partial charge is 0.0560 e. The average molecular weight is 833 g/mol. The van der Waals surface area contributed by atoms with Crippen molar-refractivity contribution in [2.45, 2.75) is 73.3 Å². The van der Waals surface area contributed by atoms with Gasteiger partial charge in [-0.05, 0) is 131 Å². The maximum Gasteiger partial charge on any atom is 0.0560 e. The molecule has 2 heteroatoms. The number of anilines is 4. The molecule has 0 N–H and O–H groups in total. The molecule has 3 aliphatic carbocycles. The van der Waals surface area contributed by atoms with Crippen molar-refractivity contribution in [1.29, 1.82) is 0 Å². The third-order valence-electron chi connectivity index (χ3n) is 14.2. The molecule has 0 amide bonds. The van der Waals surface area contributed by atoms with Crippen LogP contribution in [0, 0.1) is 17.8 Å². The van der Waals surface area contributed by atoms with Gasteiger partial charge >= 0.3 is 0 Å². The van der Waals surface area contributed by atoms with Crippen molar-refractivity contribution < 1.29 is 0 Å². The lowest BCUT2D eigenvalue weighted by molar-refractivity contribution is 0.696. The molecule has 7 aromatic rings. The van der Waals surface area contributed by atoms with Crippen LogP contribution in [0.3, 0.4) is 0 Å². The summed E-state index contributed by atoms with van der Waals surface area (Å²) >= 11 is 0. The quantitative estimate of drug-likeness (QED) is 0.127. The van der Waals surface area contributed by atoms with Gasteiger partial charge in [-0.2, -0.15) is 0 Å². The summed E-state index contributed by atoms with van der Waals surface area (Å²) in [6.45, 7) is 13.9. The monoisotopic (exact) mass is 832 g/mol. The maximum atomic E-state index is 2.62. The molecule has 0 aromatic heterocycles. The molecule has 0 fully saturated rings. The predicted molar refractivity (Wildman–Crippen MR) is 278 cm³/mol. The fourth-order valence-electron chi connectivity index (χ4n) is 10.5. The largest absolute Gasteiger partial charge is 0.334 e. The Hall–Kier alpha value is -6.64. The zero-order valence-electron chi connectivity index (χ0n) is 38.4. The molecule has 0 heterocycles. The van der Waals surface area contributed by atoms with Crippen LogP contribution < -0.4 is 9.80 Å². The Balaban J connectivity index is 1.33. The van der Waals surface area contributed by atoms with E-state index in [4.69, 9.17) is 0 Å². The Morgan fingerprint density at radius 3 is 1.81 bits per heavy atom. The minimum atomic E-state index is 0.151. The molecular weight excluding hydrogens is 773 g/mol. The molecule has 0 bridgehead atoms. The highest BCUT2D eigenvalue weighted by Gasteiger charge is 2.29. The van der Waals surface area contributed by atoms with Crippen LogP contribution in [0.2, 0.25) is 0 Å². The first kappa shape index (κ1) is 41.4. The molecule has 3 aliphatic rings. The first-order valence-corrected chi connectivity index (χ1v) is 23.6. The van der Waals surface area contributed by atoms with Gasteiger partial charge in [0.2, 0.25) is 0 Å². The summed E-state index contributed by atoms with van der Waals surface area (Å²) < 4.78 is 0. The van der Waals surface area contributed by atoms with Crippen LogP contribution in [0.25, 0.3) is 49.0 Å². The van der Waals surface area contributed by atoms with E-state index in [-0.39, 0.29) is 6.04 Å². The number of hydrogen-bond acceptors (Lipinski definition) is 2. The third kappa shape index (κ3) is 7.64. The highest BCUT2D eigenvalue weighted by atomic mass is 15.2. The Kier molecular flexibility index (Phi) is 11.3. The number of para-hydroxylation sites is 2. The van der Waals surface area contributed by atoms with Gasteiger partial charge in [0.15, 0.2) is 0 Å². The van der Waals surface area contributed by atoms with E-state index in [9.17, 15) is 0 Å². The van der Waals surface area contributed by atoms with Crippen LogP contribution in [0.1, 0.15) is 72.8 Å². The van der Waals surface area contributed by atoms with Crippen LogP contribution >= 0.6 is 0 Å². The average Bonchev–Trinajstić information content (AvgIpc) is 3.33. The van der Waals surface area contributed by atoms with Crippen LogP contribution in [-0.4, -0.2) is 6.04 Å². The standard InChI is InChI=1S/C62H60N2/c1-41(2)45-26-30-51(31-27-45)63(49-22-12-8-13-23-49)59-39-57(47-19-10-7-11-20-47)53-34-36-56-60(64(50-24-14-9-15-25-50)52-32-28-46(29-33-52)42(3)4)40-58(54-35-37-55(59)61(53)62(54)56)48-21-17-16-18-43(5)44(6)38-48/h7-28,30,32,34-37,39-42,44,51H,29,31,33,38H2,1-6H3/b17-16-,43-18+,48-21+/t44-,51?/m0/s1. The van der Waals surface area contributed by atoms with Crippen molar-refractivity contribution in [2.75, 3.05) is 9.80 Å². The van der Waals surface area contributed by atoms with E-state index < -0.39 is 0 Å². The van der Waals surface area contributed by atoms with Crippen LogP contribution in [0.4, 0.5) is 22.7 Å². The van der Waals surface area contributed by atoms with Crippen LogP contribution in [0.5, 0.6) is 0 Å². The summed E-state index contributed by atoms with van der Waals surface area (Å²) in [5.74, 6) is 1.43. The Labute approximate surface area is 381 Å². The molecule has 0 saturated carbocycles. The minimum absolute atomic E-state index is 0.151. The fourth-order valence-corrected chi connectivity index (χ4v) is 10.5. The number of nitrogens with zero attached hydrogens (tertiary/aromatic N) is 2. The second-order valence-electron chi connectivity index (χ2n) is 18.9. The third-order valence-corrected chi connectivity index (χ3v) is 14.2. The van der Waals surface area contributed by atoms with Gasteiger partial charge in [0.25, 0.3) is 0 Å². The first-order valence-electron chi connectivity index (χ1n) is 23.6. The van der Waals surface area contributed by atoms with E-state index in [0.717, 1.165) is 25.7 Å². The van der Waals surface area contributed by atoms with Crippen molar-refractivity contribution in [3.63, 3.8) is 0 Å². The molecule has 2 atom stereocenters. The summed E-state index contributed by atoms with van der Waals surface area (Å²) in [5, 5.41) is 7.80. The molecule has 0 radical (unpaired) electrons. The Morgan fingerprint density at radius 1 is 0.578 bits per heavy atom. The van der Waals surface area contributed by atoms with Gasteiger partial charge in [0.05, 0.1) is 17.4 Å². The fraction of sp³-hybridized carbons (Fsp3) is 0.226. The lowest BCUT2D eigenvalue weighted by Crippen LogP contribution is -2.30. The van der Waals surface area contributed by atoms with Crippen molar-refractivity contribution in [3.8, 4) is 11.1 Å². The van der Waals surface area contributed by atoms with E-state index in [1.807, 2.05) is 0 Å². The predicted octanol–water partition coefficient (Wildman–Crippen LogP) is 17.6. The molecule has 64 heavy (non-hydrogen) atoms. The lowest BCUT2D eigenvalue weighted by atomic mass is 9.82. The Bertz CT molecular complexity index is 3060. The molecule has 318 valence electrons. The maximum absolute atomic E-state index is 2.62. The van der Waals surface area contributed by atoms with Crippen molar-refractivity contribution in [3.05, 3.63) is 210 Å². The first-order chi connectivity index (χ1) is 31.2. The molecule has 10 rings (SSSR count). The number of rotatable bonds is 10. The molecule has 7 aromatic carbocycles. The van der Waals surface area contributed by atoms with Gasteiger partial charge < -0.3 is 9.80 Å². The van der Waals surface area contributed by atoms with E-state index in [2.05, 4.69) is 233 Å². The van der Waals surface area contributed by atoms with Crippen molar-refractivity contribution in [2.24, 2.45) is 17.8 Å². The van der Waals surface area contributed by atoms with Gasteiger partial charge in [0.1, 0.15) is 0 Å². The highest BCUT2D eigenvalue weighted by molar-refractivity contribution is 6.31. The van der Waals surface area contributed by atoms with Gasteiger partial charge in [-0.3, -0.25) is 0 Å². The van der Waals surface area contributed by atoms with Gasteiger partial charge in [-0.1, -0.05) is 185 Å². The van der Waals surface area contributed by atoms with Crippen molar-refractivity contribution >= 4 is 60.6 Å². The molecule has 1 unspecified atom stereocenters. The second kappa shape index (κ2) is 17.5. The summed E-state index contributed by atoms with van der Waals surface area (Å²) in [5.41, 5.74) is 15.7. The topological polar surface area (TPSA) is 6.48 Å². The SMILES string of the molecule is C\C1=C/C=C\C=C(\c2cc(N(C3=CC=C(C(C)C)CC3)c3ccccc3)c3ccc4c(-c5ccccc5)cc(N(c5ccccc5)C5C=CC(C(C)C)=CC5)c5ccc2c3c45)C[C@@H]1C. The normalized spacial score (nSPS) is 20.0. The van der Waals surface area contributed by atoms with E-state index in [1.54, 1.807) is 0 Å². The summed E-state index contributed by atoms with van der Waals surface area (Å²) in [6.07, 6.45) is 25.2. The number of benzene rings is 7. The molecular formula is C62H60N2. The van der Waals surface area contributed by atoms with Crippen LogP contribution in [0.15, 0.2) is 204 Å². The zero-order valence-corrected chi connectivity index (χ0v) is 38.4.